The van der Waals surface area contributed by atoms with E-state index in [1.807, 2.05) is 6.92 Å². The van der Waals surface area contributed by atoms with Crippen molar-refractivity contribution in [3.8, 4) is 0 Å². The summed E-state index contributed by atoms with van der Waals surface area (Å²) in [6.07, 6.45) is 0.0943. The lowest BCUT2D eigenvalue weighted by Crippen LogP contribution is -2.38. The minimum Gasteiger partial charge on any atom is -0.352 e. The van der Waals surface area contributed by atoms with Crippen LogP contribution in [0.1, 0.15) is 42.2 Å². The molecule has 1 amide bonds. The number of likely N-dealkylation sites (tertiary alicyclic amines) is 1. The minimum absolute atomic E-state index is 0.183. The van der Waals surface area contributed by atoms with Crippen molar-refractivity contribution < 1.29 is 18.0 Å². The van der Waals surface area contributed by atoms with Crippen molar-refractivity contribution in [2.45, 2.75) is 32.4 Å². The third-order valence-corrected chi connectivity index (χ3v) is 3.97. The molecule has 0 aromatic carbocycles. The van der Waals surface area contributed by atoms with Crippen molar-refractivity contribution in [3.63, 3.8) is 0 Å². The summed E-state index contributed by atoms with van der Waals surface area (Å²) in [6, 6.07) is 0. The second-order valence-electron chi connectivity index (χ2n) is 6.24. The fourth-order valence-electron chi connectivity index (χ4n) is 2.87. The molecule has 0 bridgehead atoms. The number of nitrogens with one attached hydrogen (secondary N) is 1. The van der Waals surface area contributed by atoms with Crippen LogP contribution >= 0.6 is 0 Å². The zero-order chi connectivity index (χ0) is 17.0. The summed E-state index contributed by atoms with van der Waals surface area (Å²) in [5.41, 5.74) is -1.56. The number of amides is 1. The van der Waals surface area contributed by atoms with Gasteiger partial charge in [0.25, 0.3) is 5.91 Å². The van der Waals surface area contributed by atoms with Gasteiger partial charge >= 0.3 is 6.18 Å². The second kappa shape index (κ2) is 7.33. The number of nitrogens with zero attached hydrogens (tertiary/aromatic N) is 3. The molecule has 1 saturated heterocycles. The van der Waals surface area contributed by atoms with Gasteiger partial charge in [-0.15, -0.1) is 0 Å². The van der Waals surface area contributed by atoms with Gasteiger partial charge in [-0.25, -0.2) is 0 Å². The van der Waals surface area contributed by atoms with Crippen LogP contribution in [-0.2, 0) is 13.2 Å². The summed E-state index contributed by atoms with van der Waals surface area (Å²) < 4.78 is 39.6. The molecule has 1 N–H and O–H groups in total. The van der Waals surface area contributed by atoms with Gasteiger partial charge in [-0.1, -0.05) is 13.3 Å². The van der Waals surface area contributed by atoms with Crippen LogP contribution in [0.25, 0.3) is 0 Å². The number of piperidine rings is 1. The molecule has 1 aromatic rings. The molecule has 1 aromatic heterocycles. The Morgan fingerprint density at radius 3 is 2.61 bits per heavy atom. The summed E-state index contributed by atoms with van der Waals surface area (Å²) in [6.45, 7) is 5.29. The van der Waals surface area contributed by atoms with E-state index in [1.165, 1.54) is 26.3 Å². The van der Waals surface area contributed by atoms with Crippen molar-refractivity contribution in [3.05, 3.63) is 17.5 Å². The molecule has 0 unspecified atom stereocenters. The molecule has 0 radical (unpaired) electrons. The van der Waals surface area contributed by atoms with Gasteiger partial charge in [0.05, 0.1) is 5.56 Å². The number of hydrogen-bond acceptors (Lipinski definition) is 3. The number of hydrogen-bond donors (Lipinski definition) is 1. The molecule has 1 aliphatic rings. The molecule has 1 aliphatic heterocycles. The van der Waals surface area contributed by atoms with Crippen LogP contribution in [0, 0.1) is 5.92 Å². The molecule has 130 valence electrons. The standard InChI is InChI=1S/C15H23F3N4O/c1-11(9-22-6-4-3-5-7-22)8-19-14(23)12-10-21(2)20-13(12)15(16,17)18/h10-11H,3-9H2,1-2H3,(H,19,23)/t11-/m1/s1. The highest BCUT2D eigenvalue weighted by molar-refractivity contribution is 5.95. The molecule has 2 heterocycles. The van der Waals surface area contributed by atoms with Crippen LogP contribution in [-0.4, -0.2) is 46.8 Å². The molecule has 0 aliphatic carbocycles. The lowest BCUT2D eigenvalue weighted by atomic mass is 10.1. The zero-order valence-corrected chi connectivity index (χ0v) is 13.5. The van der Waals surface area contributed by atoms with Crippen molar-refractivity contribution in [1.82, 2.24) is 20.0 Å². The number of rotatable bonds is 5. The Balaban J connectivity index is 1.89. The molecule has 0 spiro atoms. The topological polar surface area (TPSA) is 50.2 Å². The van der Waals surface area contributed by atoms with Crippen LogP contribution in [0.5, 0.6) is 0 Å². The number of aryl methyl sites for hydroxylation is 1. The molecular formula is C15H23F3N4O. The van der Waals surface area contributed by atoms with Crippen LogP contribution in [0.4, 0.5) is 13.2 Å². The first-order valence-corrected chi connectivity index (χ1v) is 7.88. The lowest BCUT2D eigenvalue weighted by molar-refractivity contribution is -0.141. The lowest BCUT2D eigenvalue weighted by Gasteiger charge is -2.29. The van der Waals surface area contributed by atoms with E-state index in [9.17, 15) is 18.0 Å². The number of aromatic nitrogens is 2. The SMILES string of the molecule is C[C@H](CNC(=O)c1cn(C)nc1C(F)(F)F)CN1CCCCC1. The van der Waals surface area contributed by atoms with Crippen molar-refractivity contribution in [2.24, 2.45) is 13.0 Å². The van der Waals surface area contributed by atoms with Crippen molar-refractivity contribution in [2.75, 3.05) is 26.2 Å². The average molecular weight is 332 g/mol. The van der Waals surface area contributed by atoms with Gasteiger partial charge < -0.3 is 10.2 Å². The van der Waals surface area contributed by atoms with Gasteiger partial charge in [-0.05, 0) is 31.8 Å². The first-order chi connectivity index (χ1) is 10.8. The van der Waals surface area contributed by atoms with Crippen molar-refractivity contribution in [1.29, 1.82) is 0 Å². The Labute approximate surface area is 133 Å². The maximum Gasteiger partial charge on any atom is 0.435 e. The Hall–Kier alpha value is -1.57. The summed E-state index contributed by atoms with van der Waals surface area (Å²) >= 11 is 0. The monoisotopic (exact) mass is 332 g/mol. The first kappa shape index (κ1) is 17.8. The minimum atomic E-state index is -4.63. The number of carbonyl (C=O) groups excluding carboxylic acids is 1. The Morgan fingerprint density at radius 1 is 1.35 bits per heavy atom. The maximum atomic E-state index is 12.9. The molecule has 1 fully saturated rings. The van der Waals surface area contributed by atoms with E-state index in [4.69, 9.17) is 0 Å². The van der Waals surface area contributed by atoms with Gasteiger partial charge in [0.2, 0.25) is 0 Å². The molecule has 2 rings (SSSR count). The zero-order valence-electron chi connectivity index (χ0n) is 13.5. The van der Waals surface area contributed by atoms with Gasteiger partial charge in [0.15, 0.2) is 5.69 Å². The van der Waals surface area contributed by atoms with Gasteiger partial charge in [-0.2, -0.15) is 18.3 Å². The maximum absolute atomic E-state index is 12.9. The number of carbonyl (C=O) groups is 1. The highest BCUT2D eigenvalue weighted by Gasteiger charge is 2.38. The number of halogens is 3. The smallest absolute Gasteiger partial charge is 0.352 e. The third-order valence-electron chi connectivity index (χ3n) is 3.97. The second-order valence-corrected chi connectivity index (χ2v) is 6.24. The number of alkyl halides is 3. The summed E-state index contributed by atoms with van der Waals surface area (Å²) in [7, 11) is 1.37. The van der Waals surface area contributed by atoms with E-state index in [2.05, 4.69) is 15.3 Å². The molecular weight excluding hydrogens is 309 g/mol. The highest BCUT2D eigenvalue weighted by Crippen LogP contribution is 2.30. The van der Waals surface area contributed by atoms with E-state index < -0.39 is 23.3 Å². The predicted molar refractivity (Wildman–Crippen MR) is 80.0 cm³/mol. The highest BCUT2D eigenvalue weighted by atomic mass is 19.4. The molecule has 0 saturated carbocycles. The van der Waals surface area contributed by atoms with E-state index in [0.29, 0.717) is 6.54 Å². The van der Waals surface area contributed by atoms with Crippen molar-refractivity contribution >= 4 is 5.91 Å². The molecule has 1 atom stereocenters. The normalized spacial score (nSPS) is 18.0. The molecule has 8 heteroatoms. The van der Waals surface area contributed by atoms with E-state index in [1.54, 1.807) is 0 Å². The van der Waals surface area contributed by atoms with E-state index in [-0.39, 0.29) is 5.92 Å². The van der Waals surface area contributed by atoms with Crippen LogP contribution < -0.4 is 5.32 Å². The van der Waals surface area contributed by atoms with E-state index >= 15 is 0 Å². The van der Waals surface area contributed by atoms with Gasteiger partial charge in [0.1, 0.15) is 0 Å². The van der Waals surface area contributed by atoms with E-state index in [0.717, 1.165) is 30.5 Å². The van der Waals surface area contributed by atoms with Crippen LogP contribution in [0.2, 0.25) is 0 Å². The summed E-state index contributed by atoms with van der Waals surface area (Å²) in [5.74, 6) is -0.543. The molecule has 5 nitrogen and oxygen atoms in total. The van der Waals surface area contributed by atoms with Gasteiger partial charge in [0, 0.05) is 26.3 Å². The molecule has 23 heavy (non-hydrogen) atoms. The van der Waals surface area contributed by atoms with Crippen LogP contribution in [0.15, 0.2) is 6.20 Å². The Kier molecular flexibility index (Phi) is 5.67. The average Bonchev–Trinajstić information content (AvgIpc) is 2.88. The quantitative estimate of drug-likeness (QED) is 0.900. The largest absolute Gasteiger partial charge is 0.435 e. The first-order valence-electron chi connectivity index (χ1n) is 7.88. The van der Waals surface area contributed by atoms with Gasteiger partial charge in [-0.3, -0.25) is 9.48 Å². The predicted octanol–water partition coefficient (Wildman–Crippen LogP) is 2.29. The summed E-state index contributed by atoms with van der Waals surface area (Å²) in [4.78, 5) is 14.4. The fourth-order valence-corrected chi connectivity index (χ4v) is 2.87. The van der Waals surface area contributed by atoms with Crippen LogP contribution in [0.3, 0.4) is 0 Å². The Bertz CT molecular complexity index is 535. The third kappa shape index (κ3) is 4.95. The Morgan fingerprint density at radius 2 is 2.00 bits per heavy atom. The fraction of sp³-hybridized carbons (Fsp3) is 0.733. The summed E-state index contributed by atoms with van der Waals surface area (Å²) in [5, 5.41) is 5.94.